The molecule has 2 aliphatic rings. The number of nitrogens with zero attached hydrogens (tertiary/aromatic N) is 4. The van der Waals surface area contributed by atoms with Crippen LogP contribution in [0.2, 0.25) is 0 Å². The minimum absolute atomic E-state index is 0.0167. The molecule has 2 fully saturated rings. The van der Waals surface area contributed by atoms with Gasteiger partial charge in [0.25, 0.3) is 5.56 Å². The number of aliphatic hydroxyl groups excluding tert-OH is 1. The molecule has 170 valence electrons. The number of hydrogen-bond acceptors (Lipinski definition) is 6. The number of likely N-dealkylation sites (N-methyl/N-ethyl adjacent to an activating group) is 1. The quantitative estimate of drug-likeness (QED) is 0.732. The molecule has 2 aromatic rings. The van der Waals surface area contributed by atoms with E-state index < -0.39 is 0 Å². The van der Waals surface area contributed by atoms with Crippen LogP contribution in [0, 0.1) is 0 Å². The lowest BCUT2D eigenvalue weighted by Crippen LogP contribution is -2.38. The molecule has 1 saturated carbocycles. The Morgan fingerprint density at radius 2 is 2.03 bits per heavy atom. The van der Waals surface area contributed by atoms with Gasteiger partial charge >= 0.3 is 0 Å². The standard InChI is InChI=1S/C24H37N5O2/c1-4-6-16(2)26-24-25-13-20-22(27-24)21(17-8-10-19(30)11-9-17)15-29(23(20)31)18-7-5-12-28(3)14-18/h13,15-19,30H,4-12,14H2,1-3H3,(H,25,26,27)/t16?,17-,18-,19-/m1/s1. The second-order valence-corrected chi connectivity index (χ2v) is 9.65. The largest absolute Gasteiger partial charge is 0.393 e. The Morgan fingerprint density at radius 1 is 1.26 bits per heavy atom. The van der Waals surface area contributed by atoms with Crippen molar-refractivity contribution in [3.05, 3.63) is 28.3 Å². The third-order valence-electron chi connectivity index (χ3n) is 7.03. The molecule has 1 unspecified atom stereocenters. The van der Waals surface area contributed by atoms with Gasteiger partial charge in [-0.05, 0) is 76.9 Å². The Kier molecular flexibility index (Phi) is 6.92. The number of piperidine rings is 1. The van der Waals surface area contributed by atoms with Crippen LogP contribution in [0.1, 0.15) is 82.7 Å². The van der Waals surface area contributed by atoms with Crippen molar-refractivity contribution in [2.45, 2.75) is 89.3 Å². The second-order valence-electron chi connectivity index (χ2n) is 9.65. The number of hydrogen-bond donors (Lipinski definition) is 2. The van der Waals surface area contributed by atoms with Crippen LogP contribution in [0.15, 0.2) is 17.2 Å². The van der Waals surface area contributed by atoms with E-state index in [1.807, 2.05) is 4.57 Å². The number of fused-ring (bicyclic) bond motifs is 1. The smallest absolute Gasteiger partial charge is 0.261 e. The SMILES string of the molecule is CCCC(C)Nc1ncc2c(=O)n([C@@H]3CCCN(C)C3)cc([C@H]3CC[C@H](O)CC3)c2n1. The molecule has 0 radical (unpaired) electrons. The van der Waals surface area contributed by atoms with Crippen LogP contribution < -0.4 is 10.9 Å². The molecular formula is C24H37N5O2. The number of likely N-dealkylation sites (tertiary alicyclic amines) is 1. The number of nitrogens with one attached hydrogen (secondary N) is 1. The zero-order chi connectivity index (χ0) is 22.0. The highest BCUT2D eigenvalue weighted by atomic mass is 16.3. The van der Waals surface area contributed by atoms with Gasteiger partial charge in [-0.1, -0.05) is 13.3 Å². The first-order chi connectivity index (χ1) is 15.0. The Balaban J connectivity index is 1.78. The molecule has 2 atom stereocenters. The van der Waals surface area contributed by atoms with Crippen molar-refractivity contribution in [3.8, 4) is 0 Å². The summed E-state index contributed by atoms with van der Waals surface area (Å²) in [7, 11) is 2.13. The summed E-state index contributed by atoms with van der Waals surface area (Å²) in [5.74, 6) is 0.912. The van der Waals surface area contributed by atoms with Gasteiger partial charge in [0, 0.05) is 31.0 Å². The average Bonchev–Trinajstić information content (AvgIpc) is 2.75. The van der Waals surface area contributed by atoms with E-state index in [9.17, 15) is 9.90 Å². The van der Waals surface area contributed by atoms with Crippen LogP contribution in [-0.2, 0) is 0 Å². The second kappa shape index (κ2) is 9.65. The van der Waals surface area contributed by atoms with E-state index in [-0.39, 0.29) is 23.7 Å². The van der Waals surface area contributed by atoms with E-state index in [1.165, 1.54) is 0 Å². The normalized spacial score (nSPS) is 26.1. The first-order valence-corrected chi connectivity index (χ1v) is 12.0. The monoisotopic (exact) mass is 427 g/mol. The van der Waals surface area contributed by atoms with Gasteiger partial charge in [0.05, 0.1) is 17.0 Å². The van der Waals surface area contributed by atoms with Gasteiger partial charge in [-0.3, -0.25) is 4.79 Å². The summed E-state index contributed by atoms with van der Waals surface area (Å²) in [5, 5.41) is 14.0. The molecule has 7 nitrogen and oxygen atoms in total. The molecule has 7 heteroatoms. The van der Waals surface area contributed by atoms with Crippen molar-refractivity contribution >= 4 is 16.9 Å². The maximum atomic E-state index is 13.5. The van der Waals surface area contributed by atoms with Crippen molar-refractivity contribution in [1.82, 2.24) is 19.4 Å². The van der Waals surface area contributed by atoms with Gasteiger partial charge in [0.15, 0.2) is 0 Å². The fourth-order valence-electron chi connectivity index (χ4n) is 5.29. The molecule has 31 heavy (non-hydrogen) atoms. The van der Waals surface area contributed by atoms with Crippen LogP contribution in [0.4, 0.5) is 5.95 Å². The molecular weight excluding hydrogens is 390 g/mol. The summed E-state index contributed by atoms with van der Waals surface area (Å²) < 4.78 is 1.95. The maximum absolute atomic E-state index is 13.5. The van der Waals surface area contributed by atoms with Gasteiger partial charge in [-0.25, -0.2) is 9.97 Å². The zero-order valence-corrected chi connectivity index (χ0v) is 19.2. The molecule has 4 rings (SSSR count). The van der Waals surface area contributed by atoms with E-state index in [1.54, 1.807) is 6.20 Å². The number of pyridine rings is 1. The van der Waals surface area contributed by atoms with E-state index >= 15 is 0 Å². The van der Waals surface area contributed by atoms with E-state index in [2.05, 4.69) is 42.3 Å². The first-order valence-electron chi connectivity index (χ1n) is 12.0. The predicted molar refractivity (Wildman–Crippen MR) is 125 cm³/mol. The van der Waals surface area contributed by atoms with Gasteiger partial charge in [0.1, 0.15) is 0 Å². The van der Waals surface area contributed by atoms with Crippen LogP contribution in [0.25, 0.3) is 10.9 Å². The van der Waals surface area contributed by atoms with Crippen LogP contribution in [0.3, 0.4) is 0 Å². The Hall–Kier alpha value is -1.99. The van der Waals surface area contributed by atoms with Crippen molar-refractivity contribution in [1.29, 1.82) is 0 Å². The Morgan fingerprint density at radius 3 is 2.74 bits per heavy atom. The van der Waals surface area contributed by atoms with Crippen LogP contribution in [-0.4, -0.2) is 56.8 Å². The van der Waals surface area contributed by atoms with Gasteiger partial charge in [0.2, 0.25) is 5.95 Å². The molecule has 2 N–H and O–H groups in total. The minimum atomic E-state index is -0.206. The first kappa shape index (κ1) is 22.2. The molecule has 0 aromatic carbocycles. The highest BCUT2D eigenvalue weighted by Crippen LogP contribution is 2.36. The topological polar surface area (TPSA) is 83.3 Å². The number of rotatable bonds is 6. The molecule has 2 aromatic heterocycles. The lowest BCUT2D eigenvalue weighted by atomic mass is 9.82. The fraction of sp³-hybridized carbons (Fsp3) is 0.708. The summed E-state index contributed by atoms with van der Waals surface area (Å²) in [5.41, 5.74) is 1.94. The minimum Gasteiger partial charge on any atom is -0.393 e. The lowest BCUT2D eigenvalue weighted by molar-refractivity contribution is 0.122. The molecule has 0 bridgehead atoms. The van der Waals surface area contributed by atoms with Crippen molar-refractivity contribution < 1.29 is 5.11 Å². The highest BCUT2D eigenvalue weighted by molar-refractivity contribution is 5.81. The van der Waals surface area contributed by atoms with Gasteiger partial charge in [-0.2, -0.15) is 0 Å². The fourth-order valence-corrected chi connectivity index (χ4v) is 5.29. The summed E-state index contributed by atoms with van der Waals surface area (Å²) >= 11 is 0. The van der Waals surface area contributed by atoms with E-state index in [0.717, 1.165) is 75.5 Å². The van der Waals surface area contributed by atoms with E-state index in [0.29, 0.717) is 17.3 Å². The molecule has 1 aliphatic heterocycles. The molecule has 0 amide bonds. The predicted octanol–water partition coefficient (Wildman–Crippen LogP) is 3.68. The number of aliphatic hydroxyl groups is 1. The molecule has 1 saturated heterocycles. The van der Waals surface area contributed by atoms with Gasteiger partial charge in [-0.15, -0.1) is 0 Å². The summed E-state index contributed by atoms with van der Waals surface area (Å²) in [6.45, 7) is 6.28. The average molecular weight is 428 g/mol. The van der Waals surface area contributed by atoms with Crippen LogP contribution >= 0.6 is 0 Å². The molecule has 3 heterocycles. The molecule has 1 aliphatic carbocycles. The highest BCUT2D eigenvalue weighted by Gasteiger charge is 2.27. The Labute approximate surface area is 184 Å². The van der Waals surface area contributed by atoms with Crippen molar-refractivity contribution in [3.63, 3.8) is 0 Å². The lowest BCUT2D eigenvalue weighted by Gasteiger charge is -2.32. The van der Waals surface area contributed by atoms with Crippen molar-refractivity contribution in [2.24, 2.45) is 0 Å². The molecule has 0 spiro atoms. The Bertz CT molecular complexity index is 951. The number of anilines is 1. The van der Waals surface area contributed by atoms with Crippen LogP contribution in [0.5, 0.6) is 0 Å². The summed E-state index contributed by atoms with van der Waals surface area (Å²) in [6.07, 6.45) is 11.3. The van der Waals surface area contributed by atoms with E-state index in [4.69, 9.17) is 4.98 Å². The van der Waals surface area contributed by atoms with Gasteiger partial charge < -0.3 is 19.9 Å². The number of aromatic nitrogens is 3. The summed E-state index contributed by atoms with van der Waals surface area (Å²) in [4.78, 5) is 25.1. The maximum Gasteiger partial charge on any atom is 0.261 e. The third-order valence-corrected chi connectivity index (χ3v) is 7.03. The van der Waals surface area contributed by atoms with Crippen molar-refractivity contribution in [2.75, 3.05) is 25.5 Å². The summed E-state index contributed by atoms with van der Waals surface area (Å²) in [6, 6.07) is 0.472. The third kappa shape index (κ3) is 4.93. The zero-order valence-electron chi connectivity index (χ0n) is 19.2.